The average Bonchev–Trinajstić information content (AvgIpc) is 3.25. The maximum absolute atomic E-state index is 12.3. The van der Waals surface area contributed by atoms with Gasteiger partial charge < -0.3 is 14.0 Å². The molecule has 0 aliphatic heterocycles. The van der Waals surface area contributed by atoms with E-state index < -0.39 is 0 Å². The lowest BCUT2D eigenvalue weighted by molar-refractivity contribution is 0.340. The molecule has 2 aromatic heterocycles. The Morgan fingerprint density at radius 2 is 1.63 bits per heavy atom. The summed E-state index contributed by atoms with van der Waals surface area (Å²) < 4.78 is 17.2. The van der Waals surface area contributed by atoms with E-state index in [1.54, 1.807) is 13.2 Å². The average molecular weight is 404 g/mol. The molecule has 0 unspecified atom stereocenters. The number of rotatable bonds is 7. The maximum atomic E-state index is 12.3. The lowest BCUT2D eigenvalue weighted by Gasteiger charge is -2.06. The molecule has 0 amide bonds. The van der Waals surface area contributed by atoms with E-state index in [4.69, 9.17) is 14.0 Å². The summed E-state index contributed by atoms with van der Waals surface area (Å²) in [5.74, 6) is 2.25. The van der Waals surface area contributed by atoms with Crippen LogP contribution in [0.4, 0.5) is 0 Å². The quantitative estimate of drug-likeness (QED) is 0.466. The Balaban J connectivity index is 1.55. The molecule has 0 aliphatic rings. The Kier molecular flexibility index (Phi) is 5.56. The smallest absolute Gasteiger partial charge is 0.267 e. The second-order valence-corrected chi connectivity index (χ2v) is 6.41. The molecule has 2 aromatic carbocycles. The van der Waals surface area contributed by atoms with Crippen LogP contribution < -0.4 is 15.0 Å². The van der Waals surface area contributed by atoms with Crippen molar-refractivity contribution in [1.82, 2.24) is 19.9 Å². The van der Waals surface area contributed by atoms with Crippen molar-refractivity contribution in [1.29, 1.82) is 0 Å². The van der Waals surface area contributed by atoms with Crippen molar-refractivity contribution in [3.8, 4) is 34.1 Å². The molecule has 152 valence electrons. The zero-order chi connectivity index (χ0) is 20.9. The molecule has 0 saturated heterocycles. The van der Waals surface area contributed by atoms with Gasteiger partial charge in [-0.3, -0.25) is 4.79 Å². The number of nitrogens with zero attached hydrogens (tertiary/aromatic N) is 4. The van der Waals surface area contributed by atoms with Crippen molar-refractivity contribution >= 4 is 0 Å². The zero-order valence-corrected chi connectivity index (χ0v) is 16.6. The standard InChI is InChI=1S/C22H20N4O4/c1-3-29-18-10-6-16(7-11-18)22-23-20(30-25-22)14-26-21(27)13-12-19(24-26)15-4-8-17(28-2)9-5-15/h4-13H,3,14H2,1-2H3. The van der Waals surface area contributed by atoms with E-state index in [1.807, 2.05) is 55.5 Å². The highest BCUT2D eigenvalue weighted by Crippen LogP contribution is 2.21. The summed E-state index contributed by atoms with van der Waals surface area (Å²) in [6, 6.07) is 18.0. The molecule has 0 spiro atoms. The van der Waals surface area contributed by atoms with Crippen molar-refractivity contribution in [3.63, 3.8) is 0 Å². The van der Waals surface area contributed by atoms with Gasteiger partial charge in [-0.1, -0.05) is 5.16 Å². The topological polar surface area (TPSA) is 92.3 Å². The maximum Gasteiger partial charge on any atom is 0.267 e. The van der Waals surface area contributed by atoms with Crippen LogP contribution in [0.15, 0.2) is 70.0 Å². The van der Waals surface area contributed by atoms with E-state index in [-0.39, 0.29) is 12.1 Å². The first kappa shape index (κ1) is 19.4. The summed E-state index contributed by atoms with van der Waals surface area (Å²) in [6.07, 6.45) is 0. The molecule has 0 radical (unpaired) electrons. The fourth-order valence-corrected chi connectivity index (χ4v) is 2.91. The second-order valence-electron chi connectivity index (χ2n) is 6.41. The van der Waals surface area contributed by atoms with Crippen LogP contribution >= 0.6 is 0 Å². The van der Waals surface area contributed by atoms with Crippen LogP contribution in [-0.4, -0.2) is 33.6 Å². The fraction of sp³-hybridized carbons (Fsp3) is 0.182. The lowest BCUT2D eigenvalue weighted by atomic mass is 10.1. The van der Waals surface area contributed by atoms with Gasteiger partial charge in [-0.25, -0.2) is 4.68 Å². The third kappa shape index (κ3) is 4.22. The molecule has 0 aliphatic carbocycles. The van der Waals surface area contributed by atoms with Gasteiger partial charge in [-0.15, -0.1) is 0 Å². The number of hydrogen-bond acceptors (Lipinski definition) is 7. The number of ether oxygens (including phenoxy) is 2. The molecule has 8 nitrogen and oxygen atoms in total. The Morgan fingerprint density at radius 3 is 2.33 bits per heavy atom. The van der Waals surface area contributed by atoms with Gasteiger partial charge in [-0.05, 0) is 61.5 Å². The molecule has 30 heavy (non-hydrogen) atoms. The number of methoxy groups -OCH3 is 1. The fourth-order valence-electron chi connectivity index (χ4n) is 2.91. The highest BCUT2D eigenvalue weighted by Gasteiger charge is 2.12. The van der Waals surface area contributed by atoms with Gasteiger partial charge in [0.05, 0.1) is 19.4 Å². The number of benzene rings is 2. The summed E-state index contributed by atoms with van der Waals surface area (Å²) >= 11 is 0. The Morgan fingerprint density at radius 1 is 0.933 bits per heavy atom. The van der Waals surface area contributed by atoms with E-state index in [2.05, 4.69) is 15.2 Å². The summed E-state index contributed by atoms with van der Waals surface area (Å²) in [5, 5.41) is 8.43. The van der Waals surface area contributed by atoms with Crippen LogP contribution in [0.2, 0.25) is 0 Å². The normalized spacial score (nSPS) is 10.7. The first-order valence-corrected chi connectivity index (χ1v) is 9.44. The summed E-state index contributed by atoms with van der Waals surface area (Å²) in [5.41, 5.74) is 2.06. The van der Waals surface area contributed by atoms with Crippen LogP contribution in [0.1, 0.15) is 12.8 Å². The predicted octanol–water partition coefficient (Wildman–Crippen LogP) is 3.42. The summed E-state index contributed by atoms with van der Waals surface area (Å²) in [6.45, 7) is 2.61. The monoisotopic (exact) mass is 404 g/mol. The van der Waals surface area contributed by atoms with Crippen molar-refractivity contribution in [3.05, 3.63) is 76.9 Å². The molecule has 4 rings (SSSR count). The van der Waals surface area contributed by atoms with Gasteiger partial charge in [0, 0.05) is 17.2 Å². The molecule has 4 aromatic rings. The van der Waals surface area contributed by atoms with Gasteiger partial charge in [0.25, 0.3) is 5.56 Å². The van der Waals surface area contributed by atoms with Gasteiger partial charge in [0.2, 0.25) is 11.7 Å². The van der Waals surface area contributed by atoms with Crippen LogP contribution in [0.3, 0.4) is 0 Å². The van der Waals surface area contributed by atoms with Crippen LogP contribution in [0.5, 0.6) is 11.5 Å². The Hall–Kier alpha value is -3.94. The second kappa shape index (κ2) is 8.60. The summed E-state index contributed by atoms with van der Waals surface area (Å²) in [7, 11) is 1.61. The van der Waals surface area contributed by atoms with E-state index in [9.17, 15) is 4.79 Å². The lowest BCUT2D eigenvalue weighted by Crippen LogP contribution is -2.23. The van der Waals surface area contributed by atoms with Gasteiger partial charge in [0.15, 0.2) is 0 Å². The van der Waals surface area contributed by atoms with Gasteiger partial charge in [0.1, 0.15) is 18.0 Å². The molecule has 0 saturated carbocycles. The van der Waals surface area contributed by atoms with E-state index in [0.717, 1.165) is 22.6 Å². The van der Waals surface area contributed by atoms with Crippen molar-refractivity contribution in [2.75, 3.05) is 13.7 Å². The Bertz CT molecular complexity index is 1180. The molecule has 8 heteroatoms. The summed E-state index contributed by atoms with van der Waals surface area (Å²) in [4.78, 5) is 16.6. The van der Waals surface area contributed by atoms with Crippen molar-refractivity contribution in [2.45, 2.75) is 13.5 Å². The van der Waals surface area contributed by atoms with E-state index in [1.165, 1.54) is 10.7 Å². The molecular weight excluding hydrogens is 384 g/mol. The first-order chi connectivity index (χ1) is 14.7. The molecule has 0 bridgehead atoms. The first-order valence-electron chi connectivity index (χ1n) is 9.44. The van der Waals surface area contributed by atoms with E-state index >= 15 is 0 Å². The third-order valence-electron chi connectivity index (χ3n) is 4.43. The highest BCUT2D eigenvalue weighted by molar-refractivity contribution is 5.59. The van der Waals surface area contributed by atoms with Crippen LogP contribution in [0.25, 0.3) is 22.6 Å². The van der Waals surface area contributed by atoms with Crippen LogP contribution in [-0.2, 0) is 6.54 Å². The molecule has 2 heterocycles. The molecule has 0 fully saturated rings. The minimum atomic E-state index is -0.256. The minimum absolute atomic E-state index is 0.0762. The van der Waals surface area contributed by atoms with Crippen molar-refractivity contribution in [2.24, 2.45) is 0 Å². The number of hydrogen-bond donors (Lipinski definition) is 0. The molecule has 0 N–H and O–H groups in total. The highest BCUT2D eigenvalue weighted by atomic mass is 16.5. The largest absolute Gasteiger partial charge is 0.497 e. The minimum Gasteiger partial charge on any atom is -0.497 e. The number of aromatic nitrogens is 4. The third-order valence-corrected chi connectivity index (χ3v) is 4.43. The van der Waals surface area contributed by atoms with Gasteiger partial charge >= 0.3 is 0 Å². The van der Waals surface area contributed by atoms with Crippen LogP contribution in [0, 0.1) is 0 Å². The van der Waals surface area contributed by atoms with Gasteiger partial charge in [-0.2, -0.15) is 10.1 Å². The SMILES string of the molecule is CCOc1ccc(-c2noc(Cn3nc(-c4ccc(OC)cc4)ccc3=O)n2)cc1. The zero-order valence-electron chi connectivity index (χ0n) is 16.6. The van der Waals surface area contributed by atoms with Crippen molar-refractivity contribution < 1.29 is 14.0 Å². The molecule has 0 atom stereocenters. The Labute approximate surface area is 172 Å². The molecular formula is C22H20N4O4. The van der Waals surface area contributed by atoms with E-state index in [0.29, 0.717) is 24.0 Å². The predicted molar refractivity (Wildman–Crippen MR) is 110 cm³/mol.